The summed E-state index contributed by atoms with van der Waals surface area (Å²) in [4.78, 5) is 15.9. The van der Waals surface area contributed by atoms with Gasteiger partial charge in [0.05, 0.1) is 12.2 Å². The van der Waals surface area contributed by atoms with Gasteiger partial charge in [-0.2, -0.15) is 0 Å². The lowest BCUT2D eigenvalue weighted by Crippen LogP contribution is -2.27. The number of aromatic nitrogens is 3. The number of rotatable bonds is 5. The van der Waals surface area contributed by atoms with Crippen LogP contribution in [0, 0.1) is 5.41 Å². The highest BCUT2D eigenvalue weighted by Crippen LogP contribution is 2.22. The van der Waals surface area contributed by atoms with Crippen molar-refractivity contribution in [2.24, 2.45) is 5.41 Å². The van der Waals surface area contributed by atoms with Crippen LogP contribution in [0.2, 0.25) is 0 Å². The number of nitrogens with zero attached hydrogens (tertiary/aromatic N) is 3. The van der Waals surface area contributed by atoms with Crippen molar-refractivity contribution in [1.82, 2.24) is 19.9 Å². The molecule has 2 aromatic rings. The Morgan fingerprint density at radius 3 is 2.61 bits per heavy atom. The first-order chi connectivity index (χ1) is 10.7. The van der Waals surface area contributed by atoms with Gasteiger partial charge in [0.1, 0.15) is 0 Å². The monoisotopic (exact) mass is 355 g/mol. The minimum absolute atomic E-state index is 0.0481. The van der Waals surface area contributed by atoms with Crippen molar-refractivity contribution in [2.75, 3.05) is 5.32 Å². The number of sulfonamides is 1. The maximum absolute atomic E-state index is 12.2. The molecule has 23 heavy (non-hydrogen) atoms. The molecule has 2 N–H and O–H groups in total. The molecule has 0 fully saturated rings. The minimum Gasteiger partial charge on any atom is -0.300 e. The molecule has 0 aliphatic heterocycles. The van der Waals surface area contributed by atoms with Crippen LogP contribution in [-0.4, -0.2) is 29.5 Å². The van der Waals surface area contributed by atoms with Crippen molar-refractivity contribution in [3.63, 3.8) is 0 Å². The summed E-state index contributed by atoms with van der Waals surface area (Å²) >= 11 is 0.794. The van der Waals surface area contributed by atoms with Crippen molar-refractivity contribution < 1.29 is 13.2 Å². The third-order valence-electron chi connectivity index (χ3n) is 2.71. The minimum atomic E-state index is -3.81. The average Bonchev–Trinajstić information content (AvgIpc) is 2.95. The molecule has 2 aromatic heterocycles. The van der Waals surface area contributed by atoms with E-state index in [-0.39, 0.29) is 21.9 Å². The SMILES string of the molecule is CC(C)(C)C(=O)Nc1nnc(S(=O)(=O)NCc2ccccn2)s1. The molecule has 0 aliphatic carbocycles. The highest BCUT2D eigenvalue weighted by Gasteiger charge is 2.25. The number of nitrogens with one attached hydrogen (secondary N) is 2. The quantitative estimate of drug-likeness (QED) is 0.784. The fourth-order valence-electron chi connectivity index (χ4n) is 1.39. The number of hydrogen-bond acceptors (Lipinski definition) is 7. The molecule has 0 aromatic carbocycles. The van der Waals surface area contributed by atoms with Gasteiger partial charge in [0, 0.05) is 11.6 Å². The molecule has 0 spiro atoms. The normalized spacial score (nSPS) is 12.1. The van der Waals surface area contributed by atoms with Gasteiger partial charge in [-0.25, -0.2) is 13.1 Å². The Hall–Kier alpha value is -1.91. The molecule has 0 bridgehead atoms. The standard InChI is InChI=1S/C13H17N5O3S2/c1-13(2,3)10(19)16-11-17-18-12(22-11)23(20,21)15-8-9-6-4-5-7-14-9/h4-7,15H,8H2,1-3H3,(H,16,17,19). The average molecular weight is 355 g/mol. The predicted octanol–water partition coefficient (Wildman–Crippen LogP) is 1.40. The van der Waals surface area contributed by atoms with E-state index in [1.54, 1.807) is 45.2 Å². The molecular weight excluding hydrogens is 338 g/mol. The van der Waals surface area contributed by atoms with Crippen molar-refractivity contribution in [2.45, 2.75) is 31.7 Å². The van der Waals surface area contributed by atoms with Gasteiger partial charge in [0.2, 0.25) is 15.4 Å². The summed E-state index contributed by atoms with van der Waals surface area (Å²) in [5, 5.41) is 10.0. The van der Waals surface area contributed by atoms with E-state index in [4.69, 9.17) is 0 Å². The van der Waals surface area contributed by atoms with Gasteiger partial charge in [0.15, 0.2) is 0 Å². The van der Waals surface area contributed by atoms with E-state index in [1.807, 2.05) is 0 Å². The molecule has 0 radical (unpaired) electrons. The number of amides is 1. The highest BCUT2D eigenvalue weighted by molar-refractivity contribution is 7.91. The number of pyridine rings is 1. The van der Waals surface area contributed by atoms with Gasteiger partial charge in [-0.1, -0.05) is 38.2 Å². The molecule has 0 saturated heterocycles. The zero-order valence-electron chi connectivity index (χ0n) is 12.9. The van der Waals surface area contributed by atoms with Gasteiger partial charge in [-0.15, -0.1) is 10.2 Å². The third kappa shape index (κ3) is 4.78. The lowest BCUT2D eigenvalue weighted by Gasteiger charge is -2.15. The van der Waals surface area contributed by atoms with Crippen LogP contribution in [0.4, 0.5) is 5.13 Å². The Balaban J connectivity index is 2.05. The number of carbonyl (C=O) groups is 1. The summed E-state index contributed by atoms with van der Waals surface area (Å²) in [5.74, 6) is -0.265. The second-order valence-electron chi connectivity index (χ2n) is 5.72. The Kier molecular flexibility index (Phi) is 5.07. The van der Waals surface area contributed by atoms with E-state index in [0.717, 1.165) is 11.3 Å². The van der Waals surface area contributed by atoms with Crippen LogP contribution in [0.15, 0.2) is 28.7 Å². The number of carbonyl (C=O) groups excluding carboxylic acids is 1. The van der Waals surface area contributed by atoms with E-state index in [9.17, 15) is 13.2 Å². The highest BCUT2D eigenvalue weighted by atomic mass is 32.2. The summed E-state index contributed by atoms with van der Waals surface area (Å²) < 4.78 is 26.5. The van der Waals surface area contributed by atoms with Crippen LogP contribution in [-0.2, 0) is 21.4 Å². The van der Waals surface area contributed by atoms with Crippen molar-refractivity contribution >= 4 is 32.4 Å². The van der Waals surface area contributed by atoms with Crippen molar-refractivity contribution in [3.8, 4) is 0 Å². The molecule has 0 unspecified atom stereocenters. The smallest absolute Gasteiger partial charge is 0.270 e. The summed E-state index contributed by atoms with van der Waals surface area (Å²) in [5.41, 5.74) is -0.0241. The molecule has 2 heterocycles. The van der Waals surface area contributed by atoms with Crippen LogP contribution < -0.4 is 10.0 Å². The third-order valence-corrected chi connectivity index (χ3v) is 5.31. The van der Waals surface area contributed by atoms with Crippen molar-refractivity contribution in [3.05, 3.63) is 30.1 Å². The Morgan fingerprint density at radius 1 is 1.26 bits per heavy atom. The number of anilines is 1. The van der Waals surface area contributed by atoms with Gasteiger partial charge in [-0.3, -0.25) is 9.78 Å². The first kappa shape index (κ1) is 17.4. The largest absolute Gasteiger partial charge is 0.300 e. The molecule has 124 valence electrons. The molecule has 8 nitrogen and oxygen atoms in total. The summed E-state index contributed by atoms with van der Waals surface area (Å²) in [6.45, 7) is 5.28. The second-order valence-corrected chi connectivity index (χ2v) is 8.64. The van der Waals surface area contributed by atoms with Gasteiger partial charge >= 0.3 is 0 Å². The summed E-state index contributed by atoms with van der Waals surface area (Å²) in [6, 6.07) is 5.21. The van der Waals surface area contributed by atoms with Crippen LogP contribution in [0.5, 0.6) is 0 Å². The first-order valence-electron chi connectivity index (χ1n) is 6.73. The van der Waals surface area contributed by atoms with E-state index in [1.165, 1.54) is 0 Å². The maximum atomic E-state index is 12.2. The molecule has 10 heteroatoms. The lowest BCUT2D eigenvalue weighted by atomic mass is 9.96. The van der Waals surface area contributed by atoms with Crippen molar-refractivity contribution in [1.29, 1.82) is 0 Å². The first-order valence-corrected chi connectivity index (χ1v) is 9.03. The fraction of sp³-hybridized carbons (Fsp3) is 0.385. The van der Waals surface area contributed by atoms with E-state index in [0.29, 0.717) is 5.69 Å². The number of hydrogen-bond donors (Lipinski definition) is 2. The predicted molar refractivity (Wildman–Crippen MR) is 86.3 cm³/mol. The topological polar surface area (TPSA) is 114 Å². The Morgan fingerprint density at radius 2 is 2.00 bits per heavy atom. The summed E-state index contributed by atoms with van der Waals surface area (Å²) in [6.07, 6.45) is 1.58. The summed E-state index contributed by atoms with van der Waals surface area (Å²) in [7, 11) is -3.81. The van der Waals surface area contributed by atoms with E-state index in [2.05, 4.69) is 25.2 Å². The second kappa shape index (κ2) is 6.69. The Bertz CT molecular complexity index is 781. The molecule has 0 atom stereocenters. The molecule has 2 rings (SSSR count). The molecule has 0 aliphatic rings. The Labute approximate surface area is 138 Å². The van der Waals surface area contributed by atoms with Crippen LogP contribution in [0.1, 0.15) is 26.5 Å². The molecular formula is C13H17N5O3S2. The van der Waals surface area contributed by atoms with Crippen LogP contribution in [0.3, 0.4) is 0 Å². The van der Waals surface area contributed by atoms with Gasteiger partial charge < -0.3 is 5.32 Å². The zero-order chi connectivity index (χ0) is 17.1. The zero-order valence-corrected chi connectivity index (χ0v) is 14.5. The molecule has 1 amide bonds. The molecule has 0 saturated carbocycles. The van der Waals surface area contributed by atoms with E-state index >= 15 is 0 Å². The van der Waals surface area contributed by atoms with Crippen LogP contribution >= 0.6 is 11.3 Å². The van der Waals surface area contributed by atoms with Crippen LogP contribution in [0.25, 0.3) is 0 Å². The maximum Gasteiger partial charge on any atom is 0.270 e. The van der Waals surface area contributed by atoms with Gasteiger partial charge in [0.25, 0.3) is 10.0 Å². The fourth-order valence-corrected chi connectivity index (χ4v) is 3.32. The van der Waals surface area contributed by atoms with Gasteiger partial charge in [-0.05, 0) is 12.1 Å². The van der Waals surface area contributed by atoms with E-state index < -0.39 is 15.4 Å². The lowest BCUT2D eigenvalue weighted by molar-refractivity contribution is -0.123.